The highest BCUT2D eigenvalue weighted by Crippen LogP contribution is 2.35. The van der Waals surface area contributed by atoms with Crippen LogP contribution in [0.5, 0.6) is 0 Å². The molecule has 20 heavy (non-hydrogen) atoms. The maximum Gasteiger partial charge on any atom is 0.123 e. The number of hydrogen-bond donors (Lipinski definition) is 1. The van der Waals surface area contributed by atoms with E-state index in [0.717, 1.165) is 12.1 Å². The van der Waals surface area contributed by atoms with E-state index in [1.54, 1.807) is 19.2 Å². The molecule has 0 bridgehead atoms. The summed E-state index contributed by atoms with van der Waals surface area (Å²) in [7, 11) is 1.69. The molecule has 0 atom stereocenters. The maximum absolute atomic E-state index is 13.4. The summed E-state index contributed by atoms with van der Waals surface area (Å²) in [6, 6.07) is 5.16. The highest BCUT2D eigenvalue weighted by Gasteiger charge is 2.16. The Bertz CT molecular complexity index is 407. The van der Waals surface area contributed by atoms with Gasteiger partial charge in [0.1, 0.15) is 5.82 Å². The molecule has 0 unspecified atom stereocenters. The summed E-state index contributed by atoms with van der Waals surface area (Å²) < 4.78 is 18.5. The van der Waals surface area contributed by atoms with Gasteiger partial charge in [-0.25, -0.2) is 4.39 Å². The van der Waals surface area contributed by atoms with Crippen LogP contribution in [0.2, 0.25) is 0 Å². The predicted octanol–water partition coefficient (Wildman–Crippen LogP) is 3.99. The molecule has 0 saturated heterocycles. The van der Waals surface area contributed by atoms with E-state index in [1.807, 2.05) is 17.8 Å². The molecule has 1 aliphatic carbocycles. The quantitative estimate of drug-likeness (QED) is 0.769. The minimum absolute atomic E-state index is 0.151. The SMILES string of the molecule is COCCNCc1cc(F)ccc1SC1CCCCC1. The lowest BCUT2D eigenvalue weighted by molar-refractivity contribution is 0.199. The fourth-order valence-corrected chi connectivity index (χ4v) is 3.92. The van der Waals surface area contributed by atoms with E-state index in [9.17, 15) is 4.39 Å². The van der Waals surface area contributed by atoms with Gasteiger partial charge in [-0.3, -0.25) is 0 Å². The van der Waals surface area contributed by atoms with Crippen LogP contribution in [0.4, 0.5) is 4.39 Å². The highest BCUT2D eigenvalue weighted by atomic mass is 32.2. The van der Waals surface area contributed by atoms with Gasteiger partial charge in [-0.05, 0) is 36.6 Å². The molecule has 0 spiro atoms. The molecule has 112 valence electrons. The Morgan fingerprint density at radius 1 is 1.30 bits per heavy atom. The zero-order valence-electron chi connectivity index (χ0n) is 12.2. The predicted molar refractivity (Wildman–Crippen MR) is 82.7 cm³/mol. The molecule has 1 saturated carbocycles. The molecule has 1 aromatic rings. The Balaban J connectivity index is 1.95. The van der Waals surface area contributed by atoms with Crippen molar-refractivity contribution >= 4 is 11.8 Å². The molecule has 2 nitrogen and oxygen atoms in total. The topological polar surface area (TPSA) is 21.3 Å². The van der Waals surface area contributed by atoms with Crippen molar-refractivity contribution in [1.82, 2.24) is 5.32 Å². The van der Waals surface area contributed by atoms with E-state index in [1.165, 1.54) is 37.0 Å². The van der Waals surface area contributed by atoms with Crippen LogP contribution >= 0.6 is 11.8 Å². The first-order chi connectivity index (χ1) is 9.79. The third-order valence-corrected chi connectivity index (χ3v) is 5.12. The molecule has 2 rings (SSSR count). The van der Waals surface area contributed by atoms with Crippen LogP contribution in [0.1, 0.15) is 37.7 Å². The zero-order valence-corrected chi connectivity index (χ0v) is 13.0. The Hall–Kier alpha value is -0.580. The van der Waals surface area contributed by atoms with Crippen molar-refractivity contribution in [3.8, 4) is 0 Å². The number of benzene rings is 1. The summed E-state index contributed by atoms with van der Waals surface area (Å²) in [5.74, 6) is -0.151. The van der Waals surface area contributed by atoms with Gasteiger partial charge in [0, 0.05) is 30.3 Å². The molecule has 1 aliphatic rings. The fourth-order valence-electron chi connectivity index (χ4n) is 2.56. The third kappa shape index (κ3) is 5.08. The van der Waals surface area contributed by atoms with Crippen molar-refractivity contribution in [1.29, 1.82) is 0 Å². The first-order valence-corrected chi connectivity index (χ1v) is 8.32. The largest absolute Gasteiger partial charge is 0.383 e. The Labute approximate surface area is 125 Å². The summed E-state index contributed by atoms with van der Waals surface area (Å²) in [4.78, 5) is 1.23. The molecule has 0 aliphatic heterocycles. The third-order valence-electron chi connectivity index (χ3n) is 3.67. The molecule has 0 heterocycles. The van der Waals surface area contributed by atoms with Crippen LogP contribution < -0.4 is 5.32 Å². The minimum atomic E-state index is -0.151. The Morgan fingerprint density at radius 2 is 2.10 bits per heavy atom. The van der Waals surface area contributed by atoms with Crippen LogP contribution in [0.3, 0.4) is 0 Å². The maximum atomic E-state index is 13.4. The van der Waals surface area contributed by atoms with Gasteiger partial charge in [0.05, 0.1) is 6.61 Å². The number of rotatable bonds is 7. The number of hydrogen-bond acceptors (Lipinski definition) is 3. The van der Waals surface area contributed by atoms with Crippen molar-refractivity contribution in [2.24, 2.45) is 0 Å². The summed E-state index contributed by atoms with van der Waals surface area (Å²) in [6.45, 7) is 2.18. The van der Waals surface area contributed by atoms with Crippen LogP contribution in [0.15, 0.2) is 23.1 Å². The Morgan fingerprint density at radius 3 is 2.85 bits per heavy atom. The minimum Gasteiger partial charge on any atom is -0.383 e. The fraction of sp³-hybridized carbons (Fsp3) is 0.625. The zero-order chi connectivity index (χ0) is 14.2. The molecule has 4 heteroatoms. The smallest absolute Gasteiger partial charge is 0.123 e. The summed E-state index contributed by atoms with van der Waals surface area (Å²) >= 11 is 1.93. The monoisotopic (exact) mass is 297 g/mol. The molecule has 1 fully saturated rings. The van der Waals surface area contributed by atoms with E-state index in [4.69, 9.17) is 4.74 Å². The van der Waals surface area contributed by atoms with Crippen molar-refractivity contribution < 1.29 is 9.13 Å². The number of halogens is 1. The molecule has 0 radical (unpaired) electrons. The van der Waals surface area contributed by atoms with Crippen LogP contribution in [0.25, 0.3) is 0 Å². The highest BCUT2D eigenvalue weighted by molar-refractivity contribution is 8.00. The second kappa shape index (κ2) is 8.65. The van der Waals surface area contributed by atoms with Gasteiger partial charge in [0.2, 0.25) is 0 Å². The van der Waals surface area contributed by atoms with Gasteiger partial charge in [0.25, 0.3) is 0 Å². The molecule has 1 aromatic carbocycles. The lowest BCUT2D eigenvalue weighted by Gasteiger charge is -2.22. The van der Waals surface area contributed by atoms with Gasteiger partial charge < -0.3 is 10.1 Å². The lowest BCUT2D eigenvalue weighted by Crippen LogP contribution is -2.19. The van der Waals surface area contributed by atoms with Gasteiger partial charge in [-0.1, -0.05) is 19.3 Å². The summed E-state index contributed by atoms with van der Waals surface area (Å²) in [5.41, 5.74) is 1.07. The van der Waals surface area contributed by atoms with Crippen molar-refractivity contribution in [3.05, 3.63) is 29.6 Å². The number of nitrogens with one attached hydrogen (secondary N) is 1. The van der Waals surface area contributed by atoms with E-state index >= 15 is 0 Å². The van der Waals surface area contributed by atoms with Gasteiger partial charge >= 0.3 is 0 Å². The molecular formula is C16H24FNOS. The first kappa shape index (κ1) is 15.8. The lowest BCUT2D eigenvalue weighted by atomic mass is 10.0. The molecule has 0 amide bonds. The number of methoxy groups -OCH3 is 1. The van der Waals surface area contributed by atoms with Crippen molar-refractivity contribution in [2.45, 2.75) is 48.8 Å². The van der Waals surface area contributed by atoms with Crippen LogP contribution in [-0.2, 0) is 11.3 Å². The molecule has 0 aromatic heterocycles. The van der Waals surface area contributed by atoms with E-state index in [2.05, 4.69) is 5.32 Å². The molecule has 1 N–H and O–H groups in total. The summed E-state index contributed by atoms with van der Waals surface area (Å²) in [5, 5.41) is 4.00. The van der Waals surface area contributed by atoms with E-state index in [0.29, 0.717) is 18.4 Å². The van der Waals surface area contributed by atoms with E-state index in [-0.39, 0.29) is 5.82 Å². The van der Waals surface area contributed by atoms with Gasteiger partial charge in [-0.2, -0.15) is 0 Å². The average molecular weight is 297 g/mol. The second-order valence-electron chi connectivity index (χ2n) is 5.30. The van der Waals surface area contributed by atoms with Gasteiger partial charge in [-0.15, -0.1) is 11.8 Å². The van der Waals surface area contributed by atoms with Crippen LogP contribution in [-0.4, -0.2) is 25.5 Å². The van der Waals surface area contributed by atoms with Crippen molar-refractivity contribution in [3.63, 3.8) is 0 Å². The normalized spacial score (nSPS) is 16.5. The Kier molecular flexibility index (Phi) is 6.83. The van der Waals surface area contributed by atoms with Crippen molar-refractivity contribution in [2.75, 3.05) is 20.3 Å². The number of thioether (sulfide) groups is 1. The number of ether oxygens (including phenoxy) is 1. The second-order valence-corrected chi connectivity index (χ2v) is 6.64. The van der Waals surface area contributed by atoms with Crippen LogP contribution in [0, 0.1) is 5.82 Å². The summed E-state index contributed by atoms with van der Waals surface area (Å²) in [6.07, 6.45) is 6.61. The van der Waals surface area contributed by atoms with E-state index < -0.39 is 0 Å². The standard InChI is InChI=1S/C16H24FNOS/c1-19-10-9-18-12-13-11-14(17)7-8-16(13)20-15-5-3-2-4-6-15/h7-8,11,15,18H,2-6,9-10,12H2,1H3. The first-order valence-electron chi connectivity index (χ1n) is 7.44. The van der Waals surface area contributed by atoms with Gasteiger partial charge in [0.15, 0.2) is 0 Å². The average Bonchev–Trinajstić information content (AvgIpc) is 2.47. The molecular weight excluding hydrogens is 273 g/mol.